The van der Waals surface area contributed by atoms with Gasteiger partial charge in [0, 0.05) is 12.8 Å². The number of aliphatic hydroxyl groups excluding tert-OH is 2. The van der Waals surface area contributed by atoms with Crippen LogP contribution in [0, 0.1) is 0 Å². The van der Waals surface area contributed by atoms with Crippen molar-refractivity contribution in [3.05, 3.63) is 24.3 Å². The number of carbonyl (C=O) groups is 2. The summed E-state index contributed by atoms with van der Waals surface area (Å²) in [6.45, 7) is 4.91. The first-order valence-electron chi connectivity index (χ1n) is 31.1. The summed E-state index contributed by atoms with van der Waals surface area (Å²) < 4.78 is 5.48. The van der Waals surface area contributed by atoms with Gasteiger partial charge in [-0.25, -0.2) is 0 Å². The van der Waals surface area contributed by atoms with Crippen LogP contribution in [0.1, 0.15) is 341 Å². The van der Waals surface area contributed by atoms with Crippen LogP contribution >= 0.6 is 0 Å². The van der Waals surface area contributed by atoms with Gasteiger partial charge < -0.3 is 20.3 Å². The highest BCUT2D eigenvalue weighted by Gasteiger charge is 2.18. The molecular formula is C63H121NO5. The van der Waals surface area contributed by atoms with Crippen LogP contribution in [-0.2, 0) is 14.3 Å². The number of rotatable bonds is 58. The molecular weight excluding hydrogens is 851 g/mol. The zero-order valence-corrected chi connectivity index (χ0v) is 46.6. The monoisotopic (exact) mass is 972 g/mol. The maximum absolute atomic E-state index is 12.4. The van der Waals surface area contributed by atoms with E-state index in [0.29, 0.717) is 19.4 Å². The van der Waals surface area contributed by atoms with E-state index in [4.69, 9.17) is 4.74 Å². The van der Waals surface area contributed by atoms with Gasteiger partial charge in [0.05, 0.1) is 25.4 Å². The van der Waals surface area contributed by atoms with Gasteiger partial charge in [0.25, 0.3) is 0 Å². The minimum absolute atomic E-state index is 0.00727. The third-order valence-corrected chi connectivity index (χ3v) is 14.5. The summed E-state index contributed by atoms with van der Waals surface area (Å²) >= 11 is 0. The average molecular weight is 973 g/mol. The van der Waals surface area contributed by atoms with Gasteiger partial charge in [-0.2, -0.15) is 0 Å². The molecule has 0 aliphatic carbocycles. The molecule has 0 aliphatic rings. The molecule has 0 fully saturated rings. The quantitative estimate of drug-likeness (QED) is 0.0321. The van der Waals surface area contributed by atoms with E-state index in [2.05, 4.69) is 31.3 Å². The number of ether oxygens (including phenoxy) is 1. The van der Waals surface area contributed by atoms with E-state index in [0.717, 1.165) is 44.9 Å². The van der Waals surface area contributed by atoms with Crippen molar-refractivity contribution in [1.82, 2.24) is 5.32 Å². The minimum Gasteiger partial charge on any atom is -0.466 e. The first kappa shape index (κ1) is 67.3. The van der Waals surface area contributed by atoms with E-state index in [1.165, 1.54) is 270 Å². The van der Waals surface area contributed by atoms with E-state index < -0.39 is 12.1 Å². The van der Waals surface area contributed by atoms with Crippen molar-refractivity contribution in [2.24, 2.45) is 0 Å². The summed E-state index contributed by atoms with van der Waals surface area (Å²) in [6.07, 6.45) is 72.2. The Bertz CT molecular complexity index is 1080. The SMILES string of the molecule is CCCCCCCC/C=C\CCCCCCCC(=O)OCCCCCCCCCCCCCCCCCCCCCCCCCCC(=O)NC(CO)C(O)/C=C/CCCCCCCCCCCCC. The molecule has 0 aromatic carbocycles. The predicted molar refractivity (Wildman–Crippen MR) is 301 cm³/mol. The van der Waals surface area contributed by atoms with E-state index in [1.807, 2.05) is 6.08 Å². The van der Waals surface area contributed by atoms with Gasteiger partial charge in [0.1, 0.15) is 0 Å². The van der Waals surface area contributed by atoms with Crippen molar-refractivity contribution in [2.75, 3.05) is 13.2 Å². The van der Waals surface area contributed by atoms with Gasteiger partial charge in [0.2, 0.25) is 5.91 Å². The third kappa shape index (κ3) is 55.5. The second-order valence-electron chi connectivity index (χ2n) is 21.4. The van der Waals surface area contributed by atoms with E-state index in [9.17, 15) is 19.8 Å². The Hall–Kier alpha value is -1.66. The van der Waals surface area contributed by atoms with Crippen LogP contribution in [-0.4, -0.2) is 47.4 Å². The lowest BCUT2D eigenvalue weighted by atomic mass is 10.0. The molecule has 0 aromatic heterocycles. The lowest BCUT2D eigenvalue weighted by Crippen LogP contribution is -2.45. The Balaban J connectivity index is 3.37. The summed E-state index contributed by atoms with van der Waals surface area (Å²) in [4.78, 5) is 24.5. The van der Waals surface area contributed by atoms with Crippen LogP contribution in [0.25, 0.3) is 0 Å². The molecule has 2 unspecified atom stereocenters. The summed E-state index contributed by atoms with van der Waals surface area (Å²) in [5, 5.41) is 23.1. The molecule has 0 radical (unpaired) electrons. The second-order valence-corrected chi connectivity index (χ2v) is 21.4. The number of allylic oxidation sites excluding steroid dienone is 3. The van der Waals surface area contributed by atoms with Crippen molar-refractivity contribution in [1.29, 1.82) is 0 Å². The van der Waals surface area contributed by atoms with Crippen molar-refractivity contribution < 1.29 is 24.5 Å². The van der Waals surface area contributed by atoms with Crippen LogP contribution in [0.4, 0.5) is 0 Å². The molecule has 3 N–H and O–H groups in total. The highest BCUT2D eigenvalue weighted by atomic mass is 16.5. The molecule has 1 amide bonds. The minimum atomic E-state index is -0.842. The van der Waals surface area contributed by atoms with Crippen molar-refractivity contribution >= 4 is 11.9 Å². The molecule has 6 heteroatoms. The number of unbranched alkanes of at least 4 members (excludes halogenated alkanes) is 45. The van der Waals surface area contributed by atoms with Gasteiger partial charge in [-0.15, -0.1) is 0 Å². The molecule has 69 heavy (non-hydrogen) atoms. The maximum Gasteiger partial charge on any atom is 0.305 e. The lowest BCUT2D eigenvalue weighted by molar-refractivity contribution is -0.143. The molecule has 0 bridgehead atoms. The zero-order chi connectivity index (χ0) is 50.0. The van der Waals surface area contributed by atoms with Crippen LogP contribution < -0.4 is 5.32 Å². The molecule has 2 atom stereocenters. The summed E-state index contributed by atoms with van der Waals surface area (Å²) in [7, 11) is 0. The Kier molecular flexibility index (Phi) is 57.5. The second kappa shape index (κ2) is 58.9. The van der Waals surface area contributed by atoms with Crippen LogP contribution in [0.15, 0.2) is 24.3 Å². The predicted octanol–water partition coefficient (Wildman–Crippen LogP) is 19.4. The topological polar surface area (TPSA) is 95.9 Å². The van der Waals surface area contributed by atoms with Gasteiger partial charge in [-0.1, -0.05) is 295 Å². The Labute approximate surface area is 431 Å². The first-order chi connectivity index (χ1) is 34.0. The highest BCUT2D eigenvalue weighted by Crippen LogP contribution is 2.18. The van der Waals surface area contributed by atoms with Crippen molar-refractivity contribution in [3.8, 4) is 0 Å². The fourth-order valence-corrected chi connectivity index (χ4v) is 9.69. The maximum atomic E-state index is 12.4. The van der Waals surface area contributed by atoms with E-state index >= 15 is 0 Å². The van der Waals surface area contributed by atoms with Gasteiger partial charge in [0.15, 0.2) is 0 Å². The largest absolute Gasteiger partial charge is 0.466 e. The Morgan fingerprint density at radius 3 is 1.03 bits per heavy atom. The molecule has 0 aromatic rings. The van der Waals surface area contributed by atoms with Crippen LogP contribution in [0.3, 0.4) is 0 Å². The highest BCUT2D eigenvalue weighted by molar-refractivity contribution is 5.76. The number of nitrogens with one attached hydrogen (secondary N) is 1. The molecule has 0 heterocycles. The lowest BCUT2D eigenvalue weighted by Gasteiger charge is -2.20. The molecule has 0 aliphatic heterocycles. The fraction of sp³-hybridized carbons (Fsp3) is 0.905. The number of hydrogen-bond acceptors (Lipinski definition) is 5. The fourth-order valence-electron chi connectivity index (χ4n) is 9.69. The molecule has 408 valence electrons. The van der Waals surface area contributed by atoms with Crippen molar-refractivity contribution in [3.63, 3.8) is 0 Å². The third-order valence-electron chi connectivity index (χ3n) is 14.5. The van der Waals surface area contributed by atoms with Crippen LogP contribution in [0.5, 0.6) is 0 Å². The van der Waals surface area contributed by atoms with Crippen LogP contribution in [0.2, 0.25) is 0 Å². The Morgan fingerprint density at radius 1 is 0.391 bits per heavy atom. The molecule has 0 spiro atoms. The summed E-state index contributed by atoms with van der Waals surface area (Å²) in [6, 6.07) is -0.626. The summed E-state index contributed by atoms with van der Waals surface area (Å²) in [5.74, 6) is -0.0588. The smallest absolute Gasteiger partial charge is 0.305 e. The first-order valence-corrected chi connectivity index (χ1v) is 31.1. The molecule has 0 saturated heterocycles. The average Bonchev–Trinajstić information content (AvgIpc) is 3.35. The molecule has 0 saturated carbocycles. The number of amides is 1. The summed E-state index contributed by atoms with van der Waals surface area (Å²) in [5.41, 5.74) is 0. The van der Waals surface area contributed by atoms with Crippen molar-refractivity contribution in [2.45, 2.75) is 353 Å². The zero-order valence-electron chi connectivity index (χ0n) is 46.6. The molecule has 0 rings (SSSR count). The molecule has 6 nitrogen and oxygen atoms in total. The van der Waals surface area contributed by atoms with Gasteiger partial charge >= 0.3 is 5.97 Å². The number of aliphatic hydroxyl groups is 2. The number of hydrogen-bond donors (Lipinski definition) is 3. The number of carbonyl (C=O) groups excluding carboxylic acids is 2. The van der Waals surface area contributed by atoms with Gasteiger partial charge in [-0.3, -0.25) is 9.59 Å². The van der Waals surface area contributed by atoms with E-state index in [1.54, 1.807) is 6.08 Å². The standard InChI is InChI=1S/C63H121NO5/c1-3-5-7-9-11-13-15-17-28-33-37-41-45-49-53-57-63(68)69-58-54-50-46-42-38-34-30-27-25-23-21-19-18-20-22-24-26-29-32-36-40-44-48-52-56-62(67)64-60(59-65)61(66)55-51-47-43-39-35-31-16-14-12-10-8-6-4-2/h17,28,51,55,60-61,65-66H,3-16,18-27,29-50,52-54,56-59H2,1-2H3,(H,64,67)/b28-17-,55-51+. The Morgan fingerprint density at radius 2 is 0.681 bits per heavy atom. The normalized spacial score (nSPS) is 12.7. The van der Waals surface area contributed by atoms with E-state index in [-0.39, 0.29) is 18.5 Å². The number of esters is 1. The van der Waals surface area contributed by atoms with Gasteiger partial charge in [-0.05, 0) is 57.8 Å².